The molecule has 1 atom stereocenters. The summed E-state index contributed by atoms with van der Waals surface area (Å²) < 4.78 is 27.1. The minimum atomic E-state index is -3.62. The van der Waals surface area contributed by atoms with Gasteiger partial charge >= 0.3 is 0 Å². The molecule has 1 saturated heterocycles. The van der Waals surface area contributed by atoms with Crippen LogP contribution in [0.15, 0.2) is 42.5 Å². The van der Waals surface area contributed by atoms with Gasteiger partial charge in [0.25, 0.3) is 0 Å². The number of primary amides is 1. The zero-order valence-electron chi connectivity index (χ0n) is 16.0. The molecule has 0 radical (unpaired) electrons. The molecule has 0 bridgehead atoms. The summed E-state index contributed by atoms with van der Waals surface area (Å²) in [6.45, 7) is 0.468. The van der Waals surface area contributed by atoms with Crippen LogP contribution in [-0.2, 0) is 20.6 Å². The average Bonchev–Trinajstić information content (AvgIpc) is 2.71. The number of nitrogens with two attached hydrogens (primary N) is 1. The molecule has 2 amide bonds. The fourth-order valence-corrected chi connectivity index (χ4v) is 5.22. The van der Waals surface area contributed by atoms with Gasteiger partial charge in [-0.15, -0.1) is 0 Å². The second-order valence-corrected chi connectivity index (χ2v) is 9.92. The van der Waals surface area contributed by atoms with Crippen molar-refractivity contribution in [3.05, 3.63) is 63.6 Å². The Bertz CT molecular complexity index is 1060. The SMILES string of the molecule is NC(=O)c1ccc(NC(=O)[C@H]2CCCN(S(=O)(=O)Cc3ccc(Cl)c(Cl)c3)C2)cc1. The Morgan fingerprint density at radius 1 is 1.10 bits per heavy atom. The van der Waals surface area contributed by atoms with Gasteiger partial charge < -0.3 is 11.1 Å². The smallest absolute Gasteiger partial charge is 0.248 e. The Morgan fingerprint density at radius 3 is 2.43 bits per heavy atom. The lowest BCUT2D eigenvalue weighted by molar-refractivity contribution is -0.120. The van der Waals surface area contributed by atoms with E-state index in [1.165, 1.54) is 22.5 Å². The molecule has 30 heavy (non-hydrogen) atoms. The molecule has 1 aliphatic rings. The topological polar surface area (TPSA) is 110 Å². The van der Waals surface area contributed by atoms with Crippen molar-refractivity contribution >= 4 is 50.7 Å². The second-order valence-electron chi connectivity index (χ2n) is 7.13. The van der Waals surface area contributed by atoms with Gasteiger partial charge in [0.05, 0.1) is 21.7 Å². The monoisotopic (exact) mass is 469 g/mol. The number of amides is 2. The van der Waals surface area contributed by atoms with E-state index in [-0.39, 0.29) is 18.2 Å². The van der Waals surface area contributed by atoms with Gasteiger partial charge in [0.2, 0.25) is 21.8 Å². The highest BCUT2D eigenvalue weighted by Crippen LogP contribution is 2.26. The maximum Gasteiger partial charge on any atom is 0.248 e. The number of carbonyl (C=O) groups is 2. The Morgan fingerprint density at radius 2 is 1.80 bits per heavy atom. The number of benzene rings is 2. The lowest BCUT2D eigenvalue weighted by Crippen LogP contribution is -2.44. The van der Waals surface area contributed by atoms with E-state index >= 15 is 0 Å². The highest BCUT2D eigenvalue weighted by Gasteiger charge is 2.32. The maximum atomic E-state index is 12.9. The third-order valence-corrected chi connectivity index (χ3v) is 7.47. The second kappa shape index (κ2) is 9.34. The van der Waals surface area contributed by atoms with Crippen LogP contribution in [0.2, 0.25) is 10.0 Å². The number of nitrogens with zero attached hydrogens (tertiary/aromatic N) is 1. The number of carbonyl (C=O) groups excluding carboxylic acids is 2. The quantitative estimate of drug-likeness (QED) is 0.675. The van der Waals surface area contributed by atoms with Gasteiger partial charge in [0.1, 0.15) is 0 Å². The molecule has 1 fully saturated rings. The maximum absolute atomic E-state index is 12.9. The number of sulfonamides is 1. The molecule has 160 valence electrons. The van der Waals surface area contributed by atoms with Gasteiger partial charge in [-0.05, 0) is 54.8 Å². The van der Waals surface area contributed by atoms with Crippen molar-refractivity contribution in [3.8, 4) is 0 Å². The van der Waals surface area contributed by atoms with E-state index in [2.05, 4.69) is 5.32 Å². The van der Waals surface area contributed by atoms with Gasteiger partial charge in [-0.25, -0.2) is 12.7 Å². The van der Waals surface area contributed by atoms with Gasteiger partial charge in [-0.2, -0.15) is 0 Å². The van der Waals surface area contributed by atoms with Gasteiger partial charge in [-0.1, -0.05) is 29.3 Å². The van der Waals surface area contributed by atoms with E-state index in [1.54, 1.807) is 24.3 Å². The average molecular weight is 470 g/mol. The Kier molecular flexibility index (Phi) is 7.02. The van der Waals surface area contributed by atoms with Crippen molar-refractivity contribution < 1.29 is 18.0 Å². The first-order valence-electron chi connectivity index (χ1n) is 9.28. The summed E-state index contributed by atoms with van der Waals surface area (Å²) in [5, 5.41) is 3.42. The number of hydrogen-bond donors (Lipinski definition) is 2. The van der Waals surface area contributed by atoms with Crippen LogP contribution in [0.1, 0.15) is 28.8 Å². The molecule has 2 aromatic carbocycles. The number of halogens is 2. The molecule has 1 heterocycles. The Hall–Kier alpha value is -2.13. The van der Waals surface area contributed by atoms with Crippen LogP contribution in [0, 0.1) is 5.92 Å². The van der Waals surface area contributed by atoms with Crippen molar-refractivity contribution in [3.63, 3.8) is 0 Å². The van der Waals surface area contributed by atoms with E-state index in [0.29, 0.717) is 46.2 Å². The molecule has 10 heteroatoms. The zero-order chi connectivity index (χ0) is 21.9. The molecule has 7 nitrogen and oxygen atoms in total. The molecule has 0 aliphatic carbocycles. The summed E-state index contributed by atoms with van der Waals surface area (Å²) in [6.07, 6.45) is 1.17. The normalized spacial score (nSPS) is 17.5. The van der Waals surface area contributed by atoms with Crippen LogP contribution >= 0.6 is 23.2 Å². The van der Waals surface area contributed by atoms with Crippen LogP contribution in [0.3, 0.4) is 0 Å². The summed E-state index contributed by atoms with van der Waals surface area (Å²) in [6, 6.07) is 10.9. The highest BCUT2D eigenvalue weighted by atomic mass is 35.5. The number of piperidine rings is 1. The first-order valence-corrected chi connectivity index (χ1v) is 11.6. The van der Waals surface area contributed by atoms with Gasteiger partial charge in [-0.3, -0.25) is 9.59 Å². The van der Waals surface area contributed by atoms with Crippen molar-refractivity contribution in [1.82, 2.24) is 4.31 Å². The number of anilines is 1. The predicted octanol–water partition coefficient (Wildman–Crippen LogP) is 3.27. The molecule has 3 N–H and O–H groups in total. The summed E-state index contributed by atoms with van der Waals surface area (Å²) in [5.74, 6) is -1.51. The van der Waals surface area contributed by atoms with Crippen molar-refractivity contribution in [2.24, 2.45) is 11.7 Å². The van der Waals surface area contributed by atoms with Crippen LogP contribution in [0.4, 0.5) is 5.69 Å². The van der Waals surface area contributed by atoms with Crippen molar-refractivity contribution in [2.45, 2.75) is 18.6 Å². The molecule has 2 aromatic rings. The van der Waals surface area contributed by atoms with E-state index in [9.17, 15) is 18.0 Å². The third-order valence-electron chi connectivity index (χ3n) is 4.92. The summed E-state index contributed by atoms with van der Waals surface area (Å²) in [7, 11) is -3.62. The van der Waals surface area contributed by atoms with E-state index in [0.717, 1.165) is 0 Å². The fourth-order valence-electron chi connectivity index (χ4n) is 3.30. The minimum Gasteiger partial charge on any atom is -0.366 e. The van der Waals surface area contributed by atoms with Crippen LogP contribution in [0.25, 0.3) is 0 Å². The van der Waals surface area contributed by atoms with Crippen LogP contribution in [0.5, 0.6) is 0 Å². The van der Waals surface area contributed by atoms with Crippen LogP contribution < -0.4 is 11.1 Å². The van der Waals surface area contributed by atoms with Gasteiger partial charge in [0.15, 0.2) is 0 Å². The molecule has 0 saturated carbocycles. The third kappa shape index (κ3) is 5.51. The van der Waals surface area contributed by atoms with Crippen molar-refractivity contribution in [1.29, 1.82) is 0 Å². The predicted molar refractivity (Wildman–Crippen MR) is 117 cm³/mol. The molecular formula is C20H21Cl2N3O4S. The molecule has 0 unspecified atom stereocenters. The molecule has 1 aliphatic heterocycles. The van der Waals surface area contributed by atoms with E-state index in [1.807, 2.05) is 0 Å². The summed E-state index contributed by atoms with van der Waals surface area (Å²) >= 11 is 11.9. The molecule has 0 spiro atoms. The summed E-state index contributed by atoms with van der Waals surface area (Å²) in [4.78, 5) is 23.8. The fraction of sp³-hybridized carbons (Fsp3) is 0.300. The summed E-state index contributed by atoms with van der Waals surface area (Å²) in [5.41, 5.74) is 6.59. The first kappa shape index (κ1) is 22.6. The standard InChI is InChI=1S/C20H21Cl2N3O4S/c21-17-8-3-13(10-18(17)22)12-30(28,29)25-9-1-2-15(11-25)20(27)24-16-6-4-14(5-7-16)19(23)26/h3-8,10,15H,1-2,9,11-12H2,(H2,23,26)(H,24,27)/t15-/m0/s1. The molecule has 0 aromatic heterocycles. The van der Waals surface area contributed by atoms with E-state index < -0.39 is 21.8 Å². The molecule has 3 rings (SSSR count). The minimum absolute atomic E-state index is 0.106. The highest BCUT2D eigenvalue weighted by molar-refractivity contribution is 7.88. The Balaban J connectivity index is 1.65. The first-order chi connectivity index (χ1) is 14.2. The lowest BCUT2D eigenvalue weighted by Gasteiger charge is -2.31. The number of nitrogens with one attached hydrogen (secondary N) is 1. The lowest BCUT2D eigenvalue weighted by atomic mass is 9.98. The largest absolute Gasteiger partial charge is 0.366 e. The van der Waals surface area contributed by atoms with Crippen LogP contribution in [-0.4, -0.2) is 37.6 Å². The van der Waals surface area contributed by atoms with Crippen molar-refractivity contribution in [2.75, 3.05) is 18.4 Å². The Labute approximate surface area is 185 Å². The molecular weight excluding hydrogens is 449 g/mol. The van der Waals surface area contributed by atoms with Gasteiger partial charge in [0, 0.05) is 24.3 Å². The number of hydrogen-bond acceptors (Lipinski definition) is 4. The zero-order valence-corrected chi connectivity index (χ0v) is 18.3. The number of rotatable bonds is 6. The van der Waals surface area contributed by atoms with E-state index in [4.69, 9.17) is 28.9 Å².